The Bertz CT molecular complexity index is 347. The van der Waals surface area contributed by atoms with Gasteiger partial charge in [-0.1, -0.05) is 25.1 Å². The lowest BCUT2D eigenvalue weighted by Crippen LogP contribution is -2.18. The molecule has 88 valence electrons. The van der Waals surface area contributed by atoms with E-state index in [1.54, 1.807) is 0 Å². The van der Waals surface area contributed by atoms with E-state index in [9.17, 15) is 4.79 Å². The molecule has 0 fully saturated rings. The summed E-state index contributed by atoms with van der Waals surface area (Å²) >= 11 is 0. The monoisotopic (exact) mass is 222 g/mol. The molecule has 0 aliphatic carbocycles. The maximum atomic E-state index is 11.1. The Morgan fingerprint density at radius 2 is 2.06 bits per heavy atom. The van der Waals surface area contributed by atoms with Crippen molar-refractivity contribution in [3.8, 4) is 5.75 Å². The Morgan fingerprint density at radius 3 is 2.69 bits per heavy atom. The van der Waals surface area contributed by atoms with Crippen LogP contribution in [0.1, 0.15) is 25.8 Å². The number of benzene rings is 1. The lowest BCUT2D eigenvalue weighted by atomic mass is 10.1. The Morgan fingerprint density at radius 1 is 1.38 bits per heavy atom. The summed E-state index contributed by atoms with van der Waals surface area (Å²) in [4.78, 5) is 11.1. The van der Waals surface area contributed by atoms with E-state index in [-0.39, 0.29) is 18.5 Å². The number of aryl methyl sites for hydroxylation is 1. The molecule has 0 aromatic heterocycles. The molecule has 0 aliphatic rings. The lowest BCUT2D eigenvalue weighted by Gasteiger charge is -2.15. The molecule has 0 spiro atoms. The van der Waals surface area contributed by atoms with Crippen molar-refractivity contribution in [1.82, 2.24) is 0 Å². The van der Waals surface area contributed by atoms with Crippen molar-refractivity contribution in [3.05, 3.63) is 29.8 Å². The van der Waals surface area contributed by atoms with Crippen molar-refractivity contribution in [3.63, 3.8) is 0 Å². The molecule has 1 unspecified atom stereocenters. The number of methoxy groups -OCH3 is 1. The SMILES string of the molecule is CCc1ccccc1OC(C)CC(=O)OC. The minimum absolute atomic E-state index is 0.167. The highest BCUT2D eigenvalue weighted by Gasteiger charge is 2.11. The van der Waals surface area contributed by atoms with Gasteiger partial charge in [-0.25, -0.2) is 0 Å². The quantitative estimate of drug-likeness (QED) is 0.718. The molecule has 1 aromatic carbocycles. The number of para-hydroxylation sites is 1. The summed E-state index contributed by atoms with van der Waals surface area (Å²) in [7, 11) is 1.38. The van der Waals surface area contributed by atoms with Gasteiger partial charge in [0.05, 0.1) is 13.5 Å². The average molecular weight is 222 g/mol. The van der Waals surface area contributed by atoms with Gasteiger partial charge in [0.1, 0.15) is 11.9 Å². The van der Waals surface area contributed by atoms with Crippen LogP contribution in [-0.4, -0.2) is 19.2 Å². The van der Waals surface area contributed by atoms with E-state index in [4.69, 9.17) is 4.74 Å². The van der Waals surface area contributed by atoms with E-state index in [0.29, 0.717) is 0 Å². The van der Waals surface area contributed by atoms with E-state index in [2.05, 4.69) is 11.7 Å². The number of hydrogen-bond acceptors (Lipinski definition) is 3. The minimum Gasteiger partial charge on any atom is -0.490 e. The fourth-order valence-electron chi connectivity index (χ4n) is 1.49. The van der Waals surface area contributed by atoms with Gasteiger partial charge >= 0.3 is 5.97 Å². The fourth-order valence-corrected chi connectivity index (χ4v) is 1.49. The highest BCUT2D eigenvalue weighted by Crippen LogP contribution is 2.20. The first-order chi connectivity index (χ1) is 7.67. The minimum atomic E-state index is -0.249. The number of rotatable bonds is 5. The van der Waals surface area contributed by atoms with Crippen LogP contribution in [0.2, 0.25) is 0 Å². The van der Waals surface area contributed by atoms with Gasteiger partial charge in [0.2, 0.25) is 0 Å². The normalized spacial score (nSPS) is 11.9. The van der Waals surface area contributed by atoms with E-state index >= 15 is 0 Å². The Hall–Kier alpha value is -1.51. The Balaban J connectivity index is 2.61. The zero-order valence-electron chi connectivity index (χ0n) is 10.0. The topological polar surface area (TPSA) is 35.5 Å². The predicted octanol–water partition coefficient (Wildman–Crippen LogP) is 2.58. The van der Waals surface area contributed by atoms with Gasteiger partial charge in [0.15, 0.2) is 0 Å². The third-order valence-electron chi connectivity index (χ3n) is 2.36. The summed E-state index contributed by atoms with van der Waals surface area (Å²) in [6, 6.07) is 7.86. The summed E-state index contributed by atoms with van der Waals surface area (Å²) in [5.41, 5.74) is 1.15. The fraction of sp³-hybridized carbons (Fsp3) is 0.462. The summed E-state index contributed by atoms with van der Waals surface area (Å²) in [6.45, 7) is 3.94. The zero-order chi connectivity index (χ0) is 12.0. The van der Waals surface area contributed by atoms with Crippen LogP contribution in [0, 0.1) is 0 Å². The summed E-state index contributed by atoms with van der Waals surface area (Å²) < 4.78 is 10.3. The lowest BCUT2D eigenvalue weighted by molar-refractivity contribution is -0.142. The average Bonchev–Trinajstić information content (AvgIpc) is 2.29. The Labute approximate surface area is 96.4 Å². The predicted molar refractivity (Wildman–Crippen MR) is 62.5 cm³/mol. The number of carbonyl (C=O) groups excluding carboxylic acids is 1. The van der Waals surface area contributed by atoms with Crippen molar-refractivity contribution < 1.29 is 14.3 Å². The number of esters is 1. The van der Waals surface area contributed by atoms with Gasteiger partial charge in [-0.15, -0.1) is 0 Å². The van der Waals surface area contributed by atoms with Crippen LogP contribution in [0.5, 0.6) is 5.75 Å². The standard InChI is InChI=1S/C13H18O3/c1-4-11-7-5-6-8-12(11)16-10(2)9-13(14)15-3/h5-8,10H,4,9H2,1-3H3. The maximum Gasteiger partial charge on any atom is 0.309 e. The van der Waals surface area contributed by atoms with Gasteiger partial charge in [-0.3, -0.25) is 4.79 Å². The molecular formula is C13H18O3. The largest absolute Gasteiger partial charge is 0.490 e. The molecule has 0 amide bonds. The second-order valence-corrected chi connectivity index (χ2v) is 3.67. The van der Waals surface area contributed by atoms with Crippen molar-refractivity contribution in [2.45, 2.75) is 32.8 Å². The molecular weight excluding hydrogens is 204 g/mol. The number of carbonyl (C=O) groups is 1. The molecule has 1 aromatic rings. The third kappa shape index (κ3) is 3.57. The molecule has 0 heterocycles. The summed E-state index contributed by atoms with van der Waals surface area (Å²) in [5, 5.41) is 0. The third-order valence-corrected chi connectivity index (χ3v) is 2.36. The second kappa shape index (κ2) is 6.16. The van der Waals surface area contributed by atoms with Crippen molar-refractivity contribution in [2.24, 2.45) is 0 Å². The van der Waals surface area contributed by atoms with E-state index in [1.807, 2.05) is 31.2 Å². The van der Waals surface area contributed by atoms with E-state index in [0.717, 1.165) is 17.7 Å². The maximum absolute atomic E-state index is 11.1. The first-order valence-corrected chi connectivity index (χ1v) is 5.48. The molecule has 0 radical (unpaired) electrons. The molecule has 0 saturated heterocycles. The highest BCUT2D eigenvalue weighted by molar-refractivity contribution is 5.69. The number of hydrogen-bond donors (Lipinski definition) is 0. The molecule has 0 bridgehead atoms. The zero-order valence-corrected chi connectivity index (χ0v) is 10.0. The van der Waals surface area contributed by atoms with Crippen LogP contribution in [-0.2, 0) is 16.0 Å². The Kier molecular flexibility index (Phi) is 4.83. The molecule has 3 nitrogen and oxygen atoms in total. The molecule has 3 heteroatoms. The van der Waals surface area contributed by atoms with Crippen molar-refractivity contribution in [1.29, 1.82) is 0 Å². The van der Waals surface area contributed by atoms with Crippen LogP contribution in [0.4, 0.5) is 0 Å². The van der Waals surface area contributed by atoms with Crippen molar-refractivity contribution >= 4 is 5.97 Å². The van der Waals surface area contributed by atoms with Crippen LogP contribution in [0.15, 0.2) is 24.3 Å². The highest BCUT2D eigenvalue weighted by atomic mass is 16.5. The van der Waals surface area contributed by atoms with Gasteiger partial charge in [-0.05, 0) is 25.0 Å². The molecule has 0 N–H and O–H groups in total. The second-order valence-electron chi connectivity index (χ2n) is 3.67. The van der Waals surface area contributed by atoms with Crippen LogP contribution < -0.4 is 4.74 Å². The smallest absolute Gasteiger partial charge is 0.309 e. The number of ether oxygens (including phenoxy) is 2. The van der Waals surface area contributed by atoms with Gasteiger partial charge in [0.25, 0.3) is 0 Å². The molecule has 1 atom stereocenters. The summed E-state index contributed by atoms with van der Waals surface area (Å²) in [6.07, 6.45) is 1.02. The summed E-state index contributed by atoms with van der Waals surface area (Å²) in [5.74, 6) is 0.600. The van der Waals surface area contributed by atoms with Gasteiger partial charge < -0.3 is 9.47 Å². The molecule has 16 heavy (non-hydrogen) atoms. The molecule has 1 rings (SSSR count). The first kappa shape index (κ1) is 12.6. The van der Waals surface area contributed by atoms with Crippen LogP contribution >= 0.6 is 0 Å². The molecule has 0 aliphatic heterocycles. The molecule has 0 saturated carbocycles. The van der Waals surface area contributed by atoms with Crippen molar-refractivity contribution in [2.75, 3.05) is 7.11 Å². The van der Waals surface area contributed by atoms with Crippen LogP contribution in [0.25, 0.3) is 0 Å². The van der Waals surface area contributed by atoms with Gasteiger partial charge in [0, 0.05) is 0 Å². The van der Waals surface area contributed by atoms with Crippen LogP contribution in [0.3, 0.4) is 0 Å². The van der Waals surface area contributed by atoms with E-state index < -0.39 is 0 Å². The van der Waals surface area contributed by atoms with Gasteiger partial charge in [-0.2, -0.15) is 0 Å². The first-order valence-electron chi connectivity index (χ1n) is 5.48. The van der Waals surface area contributed by atoms with E-state index in [1.165, 1.54) is 7.11 Å².